The molecule has 0 aliphatic rings. The zero-order chi connectivity index (χ0) is 15.1. The number of hydrogen-bond donors (Lipinski definition) is 0. The molecule has 1 aromatic carbocycles. The first-order valence-electron chi connectivity index (χ1n) is 7.24. The fraction of sp³-hybridized carbons (Fsp3) is 0.353. The third-order valence-corrected chi connectivity index (χ3v) is 3.34. The van der Waals surface area contributed by atoms with E-state index in [1.807, 2.05) is 24.5 Å². The summed E-state index contributed by atoms with van der Waals surface area (Å²) < 4.78 is 4.67. The number of nitrogens with zero attached hydrogens (tertiary/aromatic N) is 2. The van der Waals surface area contributed by atoms with Crippen LogP contribution in [0.2, 0.25) is 0 Å². The lowest BCUT2D eigenvalue weighted by atomic mass is 10.1. The Hall–Kier alpha value is -2.23. The molecular weight excluding hydrogens is 264 g/mol. The third kappa shape index (κ3) is 4.12. The Bertz CT molecular complexity index is 577. The van der Waals surface area contributed by atoms with Crippen molar-refractivity contribution in [3.63, 3.8) is 0 Å². The van der Waals surface area contributed by atoms with Crippen LogP contribution in [0.5, 0.6) is 0 Å². The topological polar surface area (TPSA) is 52.1 Å². The number of unbranched alkanes of at least 4 members (excludes halogenated alkanes) is 2. The molecule has 0 amide bonds. The third-order valence-electron chi connectivity index (χ3n) is 3.34. The fourth-order valence-electron chi connectivity index (χ4n) is 2.09. The minimum atomic E-state index is -0.339. The number of carbonyl (C=O) groups excluding carboxylic acids is 1. The van der Waals surface area contributed by atoms with E-state index in [0.29, 0.717) is 11.4 Å². The number of esters is 1. The van der Waals surface area contributed by atoms with Gasteiger partial charge in [0.2, 0.25) is 0 Å². The summed E-state index contributed by atoms with van der Waals surface area (Å²) in [6.07, 6.45) is 8.41. The molecule has 0 N–H and O–H groups in total. The lowest BCUT2D eigenvalue weighted by Gasteiger charge is -2.04. The molecule has 1 heterocycles. The molecular formula is C17H20N2O2. The summed E-state index contributed by atoms with van der Waals surface area (Å²) >= 11 is 0. The molecule has 0 atom stereocenters. The molecule has 21 heavy (non-hydrogen) atoms. The highest BCUT2D eigenvalue weighted by atomic mass is 16.5. The Balaban J connectivity index is 2.06. The maximum Gasteiger partial charge on any atom is 0.337 e. The number of rotatable bonds is 6. The van der Waals surface area contributed by atoms with Crippen LogP contribution in [-0.2, 0) is 11.2 Å². The molecule has 4 nitrogen and oxygen atoms in total. The molecule has 4 heteroatoms. The summed E-state index contributed by atoms with van der Waals surface area (Å²) in [5.41, 5.74) is 2.58. The maximum absolute atomic E-state index is 11.4. The van der Waals surface area contributed by atoms with Gasteiger partial charge in [0.25, 0.3) is 0 Å². The normalized spacial score (nSPS) is 10.4. The Morgan fingerprint density at radius 3 is 2.33 bits per heavy atom. The fourth-order valence-corrected chi connectivity index (χ4v) is 2.09. The van der Waals surface area contributed by atoms with Crippen molar-refractivity contribution in [2.24, 2.45) is 0 Å². The van der Waals surface area contributed by atoms with Gasteiger partial charge in [-0.05, 0) is 30.5 Å². The summed E-state index contributed by atoms with van der Waals surface area (Å²) in [7, 11) is 1.37. The van der Waals surface area contributed by atoms with Crippen LogP contribution >= 0.6 is 0 Å². The van der Waals surface area contributed by atoms with Gasteiger partial charge in [-0.1, -0.05) is 31.9 Å². The van der Waals surface area contributed by atoms with Crippen molar-refractivity contribution in [1.29, 1.82) is 0 Å². The predicted molar refractivity (Wildman–Crippen MR) is 82.0 cm³/mol. The zero-order valence-corrected chi connectivity index (χ0v) is 12.5. The number of hydrogen-bond acceptors (Lipinski definition) is 4. The first-order chi connectivity index (χ1) is 10.2. The first-order valence-corrected chi connectivity index (χ1v) is 7.24. The molecule has 0 fully saturated rings. The van der Waals surface area contributed by atoms with Gasteiger partial charge in [0, 0.05) is 18.0 Å². The van der Waals surface area contributed by atoms with E-state index in [0.717, 1.165) is 12.0 Å². The second kappa shape index (κ2) is 7.53. The van der Waals surface area contributed by atoms with Crippen LogP contribution in [0, 0.1) is 0 Å². The van der Waals surface area contributed by atoms with Crippen molar-refractivity contribution in [3.05, 3.63) is 47.8 Å². The average molecular weight is 284 g/mol. The molecule has 0 unspecified atom stereocenters. The zero-order valence-electron chi connectivity index (χ0n) is 12.5. The van der Waals surface area contributed by atoms with E-state index in [2.05, 4.69) is 21.6 Å². The van der Waals surface area contributed by atoms with Crippen LogP contribution in [0.25, 0.3) is 11.4 Å². The van der Waals surface area contributed by atoms with Crippen LogP contribution in [0.3, 0.4) is 0 Å². The van der Waals surface area contributed by atoms with Crippen LogP contribution in [0.1, 0.15) is 42.1 Å². The van der Waals surface area contributed by atoms with Gasteiger partial charge in [-0.2, -0.15) is 0 Å². The van der Waals surface area contributed by atoms with Crippen molar-refractivity contribution in [1.82, 2.24) is 9.97 Å². The molecule has 2 aromatic rings. The van der Waals surface area contributed by atoms with Gasteiger partial charge in [-0.3, -0.25) is 0 Å². The SMILES string of the molecule is CCCCCc1cnc(-c2ccc(C(=O)OC)cc2)nc1. The van der Waals surface area contributed by atoms with E-state index in [-0.39, 0.29) is 5.97 Å². The summed E-state index contributed by atoms with van der Waals surface area (Å²) in [6, 6.07) is 7.11. The van der Waals surface area contributed by atoms with E-state index in [1.54, 1.807) is 12.1 Å². The molecule has 0 radical (unpaired) electrons. The Labute approximate surface area is 125 Å². The highest BCUT2D eigenvalue weighted by Gasteiger charge is 2.06. The number of carbonyl (C=O) groups is 1. The molecule has 0 bridgehead atoms. The van der Waals surface area contributed by atoms with E-state index in [4.69, 9.17) is 0 Å². The van der Waals surface area contributed by atoms with Crippen molar-refractivity contribution in [2.75, 3.05) is 7.11 Å². The summed E-state index contributed by atoms with van der Waals surface area (Å²) in [5.74, 6) is 0.333. The number of methoxy groups -OCH3 is 1. The molecule has 0 spiro atoms. The molecule has 0 aliphatic carbocycles. The smallest absolute Gasteiger partial charge is 0.337 e. The predicted octanol–water partition coefficient (Wildman–Crippen LogP) is 3.66. The van der Waals surface area contributed by atoms with Gasteiger partial charge in [0.05, 0.1) is 12.7 Å². The van der Waals surface area contributed by atoms with Crippen molar-refractivity contribution in [2.45, 2.75) is 32.6 Å². The van der Waals surface area contributed by atoms with E-state index < -0.39 is 0 Å². The molecule has 0 saturated carbocycles. The molecule has 0 saturated heterocycles. The average Bonchev–Trinajstić information content (AvgIpc) is 2.55. The number of aryl methyl sites for hydroxylation is 1. The Morgan fingerprint density at radius 1 is 1.10 bits per heavy atom. The van der Waals surface area contributed by atoms with E-state index in [1.165, 1.54) is 31.9 Å². The number of ether oxygens (including phenoxy) is 1. The van der Waals surface area contributed by atoms with Crippen LogP contribution < -0.4 is 0 Å². The molecule has 1 aromatic heterocycles. The first kappa shape index (κ1) is 15.2. The monoisotopic (exact) mass is 284 g/mol. The summed E-state index contributed by atoms with van der Waals surface area (Å²) in [6.45, 7) is 2.19. The molecule has 0 aliphatic heterocycles. The van der Waals surface area contributed by atoms with Crippen molar-refractivity contribution >= 4 is 5.97 Å². The second-order valence-electron chi connectivity index (χ2n) is 4.94. The van der Waals surface area contributed by atoms with Crippen molar-refractivity contribution in [3.8, 4) is 11.4 Å². The van der Waals surface area contributed by atoms with Gasteiger partial charge >= 0.3 is 5.97 Å². The Kier molecular flexibility index (Phi) is 5.43. The lowest BCUT2D eigenvalue weighted by Crippen LogP contribution is -2.00. The molecule has 110 valence electrons. The number of aromatic nitrogens is 2. The highest BCUT2D eigenvalue weighted by Crippen LogP contribution is 2.16. The number of benzene rings is 1. The van der Waals surface area contributed by atoms with Gasteiger partial charge < -0.3 is 4.74 Å². The van der Waals surface area contributed by atoms with Crippen LogP contribution in [-0.4, -0.2) is 23.0 Å². The minimum Gasteiger partial charge on any atom is -0.465 e. The minimum absolute atomic E-state index is 0.339. The molecule has 2 rings (SSSR count). The standard InChI is InChI=1S/C17H20N2O2/c1-3-4-5-6-13-11-18-16(19-12-13)14-7-9-15(10-8-14)17(20)21-2/h7-12H,3-6H2,1-2H3. The second-order valence-corrected chi connectivity index (χ2v) is 4.94. The van der Waals surface area contributed by atoms with Gasteiger partial charge in [-0.15, -0.1) is 0 Å². The van der Waals surface area contributed by atoms with Crippen LogP contribution in [0.15, 0.2) is 36.7 Å². The quantitative estimate of drug-likeness (QED) is 0.600. The van der Waals surface area contributed by atoms with Gasteiger partial charge in [-0.25, -0.2) is 14.8 Å². The van der Waals surface area contributed by atoms with Gasteiger partial charge in [0.1, 0.15) is 0 Å². The lowest BCUT2D eigenvalue weighted by molar-refractivity contribution is 0.0601. The highest BCUT2D eigenvalue weighted by molar-refractivity contribution is 5.89. The van der Waals surface area contributed by atoms with E-state index in [9.17, 15) is 4.79 Å². The Morgan fingerprint density at radius 2 is 1.76 bits per heavy atom. The summed E-state index contributed by atoms with van der Waals surface area (Å²) in [4.78, 5) is 20.2. The van der Waals surface area contributed by atoms with Crippen molar-refractivity contribution < 1.29 is 9.53 Å². The van der Waals surface area contributed by atoms with Crippen LogP contribution in [0.4, 0.5) is 0 Å². The largest absolute Gasteiger partial charge is 0.465 e. The van der Waals surface area contributed by atoms with Gasteiger partial charge in [0.15, 0.2) is 5.82 Å². The maximum atomic E-state index is 11.4. The van der Waals surface area contributed by atoms with E-state index >= 15 is 0 Å². The summed E-state index contributed by atoms with van der Waals surface area (Å²) in [5, 5.41) is 0.